The molecule has 0 radical (unpaired) electrons. The molecule has 1 fully saturated rings. The van der Waals surface area contributed by atoms with E-state index in [1.807, 2.05) is 19.1 Å². The number of ether oxygens (including phenoxy) is 1. The Balaban J connectivity index is 0.00000122. The summed E-state index contributed by atoms with van der Waals surface area (Å²) in [6, 6.07) is 5.56. The van der Waals surface area contributed by atoms with Gasteiger partial charge in [-0.3, -0.25) is 14.6 Å². The third-order valence-corrected chi connectivity index (χ3v) is 6.49. The monoisotopic (exact) mass is 478 g/mol. The van der Waals surface area contributed by atoms with Crippen LogP contribution < -0.4 is 0 Å². The summed E-state index contributed by atoms with van der Waals surface area (Å²) in [4.78, 5) is 32.6. The lowest BCUT2D eigenvalue weighted by Crippen LogP contribution is -2.47. The average molecular weight is 479 g/mol. The van der Waals surface area contributed by atoms with Gasteiger partial charge in [-0.1, -0.05) is 0 Å². The molecule has 1 aromatic carbocycles. The molecule has 0 atom stereocenters. The van der Waals surface area contributed by atoms with Crippen LogP contribution in [0.1, 0.15) is 27.9 Å². The summed E-state index contributed by atoms with van der Waals surface area (Å²) in [5, 5.41) is 18.1. The number of benzene rings is 1. The van der Waals surface area contributed by atoms with Gasteiger partial charge in [0.2, 0.25) is 0 Å². The van der Waals surface area contributed by atoms with Gasteiger partial charge >= 0.3 is 5.97 Å². The van der Waals surface area contributed by atoms with Crippen LogP contribution >= 0.6 is 11.3 Å². The number of esters is 1. The number of aromatic hydroxyl groups is 1. The van der Waals surface area contributed by atoms with Crippen LogP contribution in [0.25, 0.3) is 10.6 Å². The Bertz CT molecular complexity index is 910. The molecule has 2 N–H and O–H groups in total. The van der Waals surface area contributed by atoms with Gasteiger partial charge in [0.1, 0.15) is 15.6 Å². The fourth-order valence-electron chi connectivity index (χ4n) is 3.50. The van der Waals surface area contributed by atoms with Crippen molar-refractivity contribution in [1.29, 1.82) is 0 Å². The molecule has 0 amide bonds. The first-order valence-corrected chi connectivity index (χ1v) is 11.7. The van der Waals surface area contributed by atoms with E-state index in [9.17, 15) is 9.90 Å². The number of hydrogen-bond acceptors (Lipinski definition) is 9. The predicted octanol–water partition coefficient (Wildman–Crippen LogP) is 2.38. The molecule has 182 valence electrons. The van der Waals surface area contributed by atoms with Crippen LogP contribution in [0.5, 0.6) is 5.75 Å². The topological polar surface area (TPSA) is 106 Å². The molecule has 0 spiro atoms. The molecule has 33 heavy (non-hydrogen) atoms. The van der Waals surface area contributed by atoms with Crippen LogP contribution in [0.2, 0.25) is 0 Å². The second kappa shape index (κ2) is 13.2. The van der Waals surface area contributed by atoms with Crippen LogP contribution in [0.15, 0.2) is 18.2 Å². The zero-order valence-corrected chi connectivity index (χ0v) is 20.6. The van der Waals surface area contributed by atoms with E-state index in [2.05, 4.69) is 33.8 Å². The number of thiazole rings is 1. The summed E-state index contributed by atoms with van der Waals surface area (Å²) >= 11 is 1.34. The van der Waals surface area contributed by atoms with Crippen LogP contribution in [-0.4, -0.2) is 102 Å². The minimum atomic E-state index is -0.329. The number of carbonyl (C=O) groups is 2. The van der Waals surface area contributed by atoms with Gasteiger partial charge in [0, 0.05) is 56.9 Å². The highest BCUT2D eigenvalue weighted by molar-refractivity contribution is 7.17. The van der Waals surface area contributed by atoms with Crippen molar-refractivity contribution in [2.24, 2.45) is 0 Å². The van der Waals surface area contributed by atoms with Gasteiger partial charge in [-0.15, -0.1) is 11.3 Å². The van der Waals surface area contributed by atoms with Crippen molar-refractivity contribution >= 4 is 23.8 Å². The zero-order chi connectivity index (χ0) is 24.4. The highest BCUT2D eigenvalue weighted by Gasteiger charge is 2.20. The number of carbonyl (C=O) groups excluding carboxylic acids is 1. The van der Waals surface area contributed by atoms with Crippen LogP contribution in [0, 0.1) is 6.92 Å². The van der Waals surface area contributed by atoms with E-state index in [4.69, 9.17) is 14.6 Å². The Labute approximate surface area is 199 Å². The van der Waals surface area contributed by atoms with Crippen molar-refractivity contribution in [3.05, 3.63) is 34.3 Å². The fraction of sp³-hybridized carbons (Fsp3) is 0.522. The molecule has 1 aromatic heterocycles. The minimum absolute atomic E-state index is 0.250. The van der Waals surface area contributed by atoms with Crippen molar-refractivity contribution in [3.63, 3.8) is 0 Å². The molecule has 2 heterocycles. The first kappa shape index (κ1) is 26.7. The maximum absolute atomic E-state index is 12.1. The van der Waals surface area contributed by atoms with Gasteiger partial charge in [0.15, 0.2) is 0 Å². The Morgan fingerprint density at radius 3 is 2.48 bits per heavy atom. The molecule has 1 aliphatic heterocycles. The Hall–Kier alpha value is -2.53. The molecule has 1 aliphatic rings. The minimum Gasteiger partial charge on any atom is -0.508 e. The smallest absolute Gasteiger partial charge is 0.350 e. The van der Waals surface area contributed by atoms with Crippen LogP contribution in [0.3, 0.4) is 0 Å². The highest BCUT2D eigenvalue weighted by atomic mass is 32.1. The molecule has 10 heteroatoms. The molecule has 0 bridgehead atoms. The summed E-state index contributed by atoms with van der Waals surface area (Å²) in [5.74, 6) is -0.0300. The van der Waals surface area contributed by atoms with E-state index < -0.39 is 0 Å². The number of phenolic OH excluding ortho intramolecular Hbond substituents is 1. The molecule has 0 aliphatic carbocycles. The molecule has 1 saturated heterocycles. The van der Waals surface area contributed by atoms with E-state index in [1.54, 1.807) is 13.0 Å². The number of aromatic nitrogens is 1. The van der Waals surface area contributed by atoms with Crippen molar-refractivity contribution in [1.82, 2.24) is 19.7 Å². The largest absolute Gasteiger partial charge is 0.508 e. The van der Waals surface area contributed by atoms with E-state index >= 15 is 0 Å². The van der Waals surface area contributed by atoms with Crippen LogP contribution in [-0.2, 0) is 16.1 Å². The first-order chi connectivity index (χ1) is 15.8. The second-order valence-corrected chi connectivity index (χ2v) is 9.02. The molecule has 9 nitrogen and oxygen atoms in total. The van der Waals surface area contributed by atoms with E-state index in [0.29, 0.717) is 29.5 Å². The number of nitrogens with zero attached hydrogens (tertiary/aromatic N) is 4. The van der Waals surface area contributed by atoms with Crippen molar-refractivity contribution in [3.8, 4) is 16.3 Å². The predicted molar refractivity (Wildman–Crippen MR) is 129 cm³/mol. The third-order valence-electron chi connectivity index (χ3n) is 5.31. The number of rotatable bonds is 8. The Kier molecular flexibility index (Phi) is 10.7. The standard InChI is InChI=1S/C22H32N4O3S.CH2O2/c1-5-29-22(28)20-16(2)23-21(30-20)17-6-7-19(27)18(14-17)15-26-12-10-25(11-13-26)9-8-24(3)4;2-1-3/h6-7,14,27H,5,8-13,15H2,1-4H3;1H,(H,2,3). The van der Waals surface area contributed by atoms with Gasteiger partial charge in [-0.05, 0) is 46.1 Å². The number of hydrogen-bond donors (Lipinski definition) is 2. The van der Waals surface area contributed by atoms with Crippen molar-refractivity contribution in [2.75, 3.05) is 60.0 Å². The lowest BCUT2D eigenvalue weighted by Gasteiger charge is -2.35. The van der Waals surface area contributed by atoms with Crippen LogP contribution in [0.4, 0.5) is 0 Å². The Morgan fingerprint density at radius 1 is 1.24 bits per heavy atom. The maximum atomic E-state index is 12.1. The Morgan fingerprint density at radius 2 is 1.88 bits per heavy atom. The number of likely N-dealkylation sites (N-methyl/N-ethyl adjacent to an activating group) is 1. The molecule has 0 saturated carbocycles. The number of phenols is 1. The fourth-order valence-corrected chi connectivity index (χ4v) is 4.46. The highest BCUT2D eigenvalue weighted by Crippen LogP contribution is 2.32. The SMILES string of the molecule is CCOC(=O)c1sc(-c2ccc(O)c(CN3CCN(CCN(C)C)CC3)c2)nc1C.O=CO. The molecular formula is C23H34N4O5S. The lowest BCUT2D eigenvalue weighted by molar-refractivity contribution is -0.122. The quantitative estimate of drug-likeness (QED) is 0.437. The third kappa shape index (κ3) is 8.08. The van der Waals surface area contributed by atoms with Gasteiger partial charge in [0.05, 0.1) is 12.3 Å². The van der Waals surface area contributed by atoms with Gasteiger partial charge < -0.3 is 19.8 Å². The molecule has 0 unspecified atom stereocenters. The van der Waals surface area contributed by atoms with Crippen molar-refractivity contribution < 1.29 is 24.5 Å². The molecular weight excluding hydrogens is 444 g/mol. The number of aryl methyl sites for hydroxylation is 1. The van der Waals surface area contributed by atoms with Crippen molar-refractivity contribution in [2.45, 2.75) is 20.4 Å². The molecule has 3 rings (SSSR count). The molecule has 2 aromatic rings. The summed E-state index contributed by atoms with van der Waals surface area (Å²) in [5.41, 5.74) is 2.48. The average Bonchev–Trinajstić information content (AvgIpc) is 3.17. The van der Waals surface area contributed by atoms with Gasteiger partial charge in [0.25, 0.3) is 6.47 Å². The summed E-state index contributed by atoms with van der Waals surface area (Å²) in [6.07, 6.45) is 0. The van der Waals surface area contributed by atoms with Gasteiger partial charge in [-0.2, -0.15) is 0 Å². The summed E-state index contributed by atoms with van der Waals surface area (Å²) in [7, 11) is 4.21. The summed E-state index contributed by atoms with van der Waals surface area (Å²) < 4.78 is 5.12. The van der Waals surface area contributed by atoms with E-state index in [1.165, 1.54) is 11.3 Å². The van der Waals surface area contributed by atoms with E-state index in [-0.39, 0.29) is 12.4 Å². The van der Waals surface area contributed by atoms with E-state index in [0.717, 1.165) is 55.4 Å². The maximum Gasteiger partial charge on any atom is 0.350 e. The number of carboxylic acid groups (broad SMARTS) is 1. The summed E-state index contributed by atoms with van der Waals surface area (Å²) in [6.45, 7) is 10.6. The zero-order valence-electron chi connectivity index (χ0n) is 19.8. The normalized spacial score (nSPS) is 14.6. The lowest BCUT2D eigenvalue weighted by atomic mass is 10.1. The first-order valence-electron chi connectivity index (χ1n) is 10.9. The second-order valence-electron chi connectivity index (χ2n) is 8.02. The number of piperazine rings is 1. The van der Waals surface area contributed by atoms with Gasteiger partial charge in [-0.25, -0.2) is 9.78 Å².